The van der Waals surface area contributed by atoms with Crippen molar-refractivity contribution in [2.45, 2.75) is 63.0 Å². The number of carbonyl (C=O) groups excluding carboxylic acids is 1. The number of piperidine rings is 1. The van der Waals surface area contributed by atoms with Gasteiger partial charge < -0.3 is 15.3 Å². The van der Waals surface area contributed by atoms with Crippen molar-refractivity contribution in [1.82, 2.24) is 10.2 Å². The maximum atomic E-state index is 13.1. The molecule has 1 aromatic carbocycles. The van der Waals surface area contributed by atoms with Gasteiger partial charge >= 0.3 is 0 Å². The van der Waals surface area contributed by atoms with Crippen LogP contribution in [0.3, 0.4) is 0 Å². The summed E-state index contributed by atoms with van der Waals surface area (Å²) in [6, 6.07) is 10.8. The van der Waals surface area contributed by atoms with Crippen LogP contribution in [-0.2, 0) is 11.2 Å². The van der Waals surface area contributed by atoms with E-state index in [9.17, 15) is 9.90 Å². The third-order valence-corrected chi connectivity index (χ3v) is 8.07. The highest BCUT2D eigenvalue weighted by molar-refractivity contribution is 5.86. The number of nitrogens with zero attached hydrogens (tertiary/aromatic N) is 1. The normalized spacial score (nSPS) is 39.5. The van der Waals surface area contributed by atoms with Crippen molar-refractivity contribution in [2.75, 3.05) is 19.6 Å². The predicted molar refractivity (Wildman–Crippen MR) is 110 cm³/mol. The Morgan fingerprint density at radius 3 is 2.39 bits per heavy atom. The molecule has 4 heteroatoms. The van der Waals surface area contributed by atoms with Gasteiger partial charge in [0.05, 0.1) is 0 Å². The number of rotatable bonds is 6. The summed E-state index contributed by atoms with van der Waals surface area (Å²) in [5.41, 5.74) is 0.0278. The fraction of sp³-hybridized carbons (Fsp3) is 0.708. The average Bonchev–Trinajstić information content (AvgIpc) is 2.69. The van der Waals surface area contributed by atoms with Gasteiger partial charge in [-0.15, -0.1) is 0 Å². The van der Waals surface area contributed by atoms with Gasteiger partial charge in [-0.2, -0.15) is 0 Å². The molecule has 4 aliphatic carbocycles. The first-order valence-electron chi connectivity index (χ1n) is 11.4. The number of carbonyl (C=O) groups is 1. The molecule has 28 heavy (non-hydrogen) atoms. The Morgan fingerprint density at radius 2 is 1.71 bits per heavy atom. The molecule has 0 aromatic heterocycles. The second-order valence-corrected chi connectivity index (χ2v) is 10.0. The van der Waals surface area contributed by atoms with E-state index in [1.165, 1.54) is 37.7 Å². The van der Waals surface area contributed by atoms with E-state index in [0.29, 0.717) is 25.6 Å². The molecule has 1 atom stereocenters. The first-order chi connectivity index (χ1) is 13.6. The Morgan fingerprint density at radius 1 is 1.04 bits per heavy atom. The van der Waals surface area contributed by atoms with Crippen LogP contribution in [0, 0.1) is 23.7 Å². The molecule has 1 heterocycles. The van der Waals surface area contributed by atoms with Crippen LogP contribution in [0.1, 0.15) is 50.5 Å². The van der Waals surface area contributed by atoms with E-state index >= 15 is 0 Å². The monoisotopic (exact) mass is 382 g/mol. The van der Waals surface area contributed by atoms with Gasteiger partial charge in [-0.3, -0.25) is 4.79 Å². The summed E-state index contributed by atoms with van der Waals surface area (Å²) < 4.78 is 0. The van der Waals surface area contributed by atoms with Crippen LogP contribution >= 0.6 is 0 Å². The molecule has 4 saturated carbocycles. The van der Waals surface area contributed by atoms with Crippen molar-refractivity contribution in [2.24, 2.45) is 23.7 Å². The highest BCUT2D eigenvalue weighted by atomic mass is 16.3. The number of nitrogens with one attached hydrogen (secondary N) is 1. The number of likely N-dealkylation sites (tertiary alicyclic amines) is 1. The number of hydrogen-bond acceptors (Lipinski definition) is 3. The summed E-state index contributed by atoms with van der Waals surface area (Å²) in [5, 5.41) is 14.9. The van der Waals surface area contributed by atoms with Crippen molar-refractivity contribution in [1.29, 1.82) is 0 Å². The number of aliphatic hydroxyl groups is 1. The molecule has 1 aliphatic heterocycles. The van der Waals surface area contributed by atoms with Gasteiger partial charge in [0.1, 0.15) is 0 Å². The summed E-state index contributed by atoms with van der Waals surface area (Å²) in [4.78, 5) is 15.0. The molecule has 0 spiro atoms. The van der Waals surface area contributed by atoms with Crippen molar-refractivity contribution < 1.29 is 9.90 Å². The van der Waals surface area contributed by atoms with E-state index in [-0.39, 0.29) is 5.91 Å². The van der Waals surface area contributed by atoms with Gasteiger partial charge in [-0.1, -0.05) is 30.3 Å². The zero-order valence-electron chi connectivity index (χ0n) is 16.9. The topological polar surface area (TPSA) is 52.6 Å². The molecule has 0 radical (unpaired) electrons. The predicted octanol–water partition coefficient (Wildman–Crippen LogP) is 3.00. The maximum absolute atomic E-state index is 13.1. The number of amides is 1. The third-order valence-electron chi connectivity index (χ3n) is 8.07. The van der Waals surface area contributed by atoms with E-state index in [0.717, 1.165) is 43.1 Å². The Labute approximate surface area is 168 Å². The summed E-state index contributed by atoms with van der Waals surface area (Å²) in [6.07, 6.45) is 9.24. The van der Waals surface area contributed by atoms with Crippen LogP contribution in [0.2, 0.25) is 0 Å². The molecule has 1 saturated heterocycles. The highest BCUT2D eigenvalue weighted by Gasteiger charge is 2.49. The Hall–Kier alpha value is -1.39. The zero-order chi connectivity index (χ0) is 19.1. The smallest absolute Gasteiger partial charge is 0.255 e. The van der Waals surface area contributed by atoms with E-state index in [2.05, 4.69) is 17.4 Å². The first-order valence-corrected chi connectivity index (χ1v) is 11.4. The minimum absolute atomic E-state index is 0.0639. The lowest BCUT2D eigenvalue weighted by atomic mass is 9.54. The maximum Gasteiger partial charge on any atom is 0.255 e. The van der Waals surface area contributed by atoms with Crippen LogP contribution in [0.4, 0.5) is 0 Å². The molecular weight excluding hydrogens is 348 g/mol. The quantitative estimate of drug-likeness (QED) is 0.795. The Bertz CT molecular complexity index is 678. The standard InChI is InChI=1S/C24H34N2O2/c27-23-24(28,8-4-9-26(23)10-7-17-5-2-1-3-6-17)16-25-22-20-12-18-11-19(14-20)15-21(22)13-18/h1-3,5-6,18-22,25,28H,4,7-16H2/t18?,19?,20?,21?,22?,24-/m1/s1. The fourth-order valence-electron chi connectivity index (χ4n) is 6.90. The fourth-order valence-corrected chi connectivity index (χ4v) is 6.90. The summed E-state index contributed by atoms with van der Waals surface area (Å²) in [7, 11) is 0. The van der Waals surface area contributed by atoms with Crippen molar-refractivity contribution in [3.8, 4) is 0 Å². The molecule has 5 fully saturated rings. The molecular formula is C24H34N2O2. The number of hydrogen-bond donors (Lipinski definition) is 2. The van der Waals surface area contributed by atoms with Crippen LogP contribution in [0.5, 0.6) is 0 Å². The van der Waals surface area contributed by atoms with Crippen molar-refractivity contribution in [3.63, 3.8) is 0 Å². The molecule has 1 aromatic rings. The second-order valence-electron chi connectivity index (χ2n) is 10.0. The van der Waals surface area contributed by atoms with Crippen LogP contribution in [-0.4, -0.2) is 47.2 Å². The van der Waals surface area contributed by atoms with E-state index in [1.54, 1.807) is 0 Å². The van der Waals surface area contributed by atoms with E-state index < -0.39 is 5.60 Å². The summed E-state index contributed by atoms with van der Waals surface area (Å²) in [6.45, 7) is 1.90. The van der Waals surface area contributed by atoms with Crippen LogP contribution < -0.4 is 5.32 Å². The van der Waals surface area contributed by atoms with Crippen molar-refractivity contribution in [3.05, 3.63) is 35.9 Å². The molecule has 4 nitrogen and oxygen atoms in total. The molecule has 6 rings (SSSR count). The summed E-state index contributed by atoms with van der Waals surface area (Å²) >= 11 is 0. The van der Waals surface area contributed by atoms with Gasteiger partial charge in [-0.25, -0.2) is 0 Å². The first kappa shape index (κ1) is 18.6. The number of benzene rings is 1. The molecule has 5 aliphatic rings. The highest BCUT2D eigenvalue weighted by Crippen LogP contribution is 2.53. The minimum Gasteiger partial charge on any atom is -0.379 e. The van der Waals surface area contributed by atoms with Crippen molar-refractivity contribution >= 4 is 5.91 Å². The van der Waals surface area contributed by atoms with E-state index in [4.69, 9.17) is 0 Å². The van der Waals surface area contributed by atoms with Gasteiger partial charge in [0.2, 0.25) is 0 Å². The summed E-state index contributed by atoms with van der Waals surface area (Å²) in [5.74, 6) is 3.38. The lowest BCUT2D eigenvalue weighted by molar-refractivity contribution is -0.157. The Kier molecular flexibility index (Phi) is 4.96. The van der Waals surface area contributed by atoms with Gasteiger partial charge in [-0.05, 0) is 80.6 Å². The third kappa shape index (κ3) is 3.50. The lowest BCUT2D eigenvalue weighted by Gasteiger charge is -2.55. The molecule has 4 bridgehead atoms. The van der Waals surface area contributed by atoms with Gasteiger partial charge in [0.25, 0.3) is 5.91 Å². The van der Waals surface area contributed by atoms with Crippen LogP contribution in [0.25, 0.3) is 0 Å². The van der Waals surface area contributed by atoms with Gasteiger partial charge in [0.15, 0.2) is 5.60 Å². The Balaban J connectivity index is 1.19. The SMILES string of the molecule is O=C1N(CCc2ccccc2)CCC[C@@]1(O)CNC1C2CC3CC(C2)CC1C3. The molecule has 1 amide bonds. The second kappa shape index (κ2) is 7.46. The van der Waals surface area contributed by atoms with Crippen LogP contribution in [0.15, 0.2) is 30.3 Å². The van der Waals surface area contributed by atoms with E-state index in [1.807, 2.05) is 23.1 Å². The van der Waals surface area contributed by atoms with Gasteiger partial charge in [0, 0.05) is 25.7 Å². The largest absolute Gasteiger partial charge is 0.379 e. The molecule has 2 N–H and O–H groups in total. The molecule has 152 valence electrons. The zero-order valence-corrected chi connectivity index (χ0v) is 16.9. The average molecular weight is 383 g/mol. The molecule has 0 unspecified atom stereocenters. The lowest BCUT2D eigenvalue weighted by Crippen LogP contribution is -2.62. The minimum atomic E-state index is -1.22.